The predicted octanol–water partition coefficient (Wildman–Crippen LogP) is 1.49. The average Bonchev–Trinajstić information content (AvgIpc) is 3.23. The highest BCUT2D eigenvalue weighted by atomic mass is 16.3. The van der Waals surface area contributed by atoms with Gasteiger partial charge in [-0.05, 0) is 76.9 Å². The molecule has 3 spiro atoms. The summed E-state index contributed by atoms with van der Waals surface area (Å²) in [5.41, 5.74) is -0.548. The number of phenols is 1. The van der Waals surface area contributed by atoms with Gasteiger partial charge < -0.3 is 20.0 Å². The summed E-state index contributed by atoms with van der Waals surface area (Å²) < 4.78 is 0. The van der Waals surface area contributed by atoms with E-state index in [1.54, 1.807) is 11.0 Å². The predicted molar refractivity (Wildman–Crippen MR) is 127 cm³/mol. The maximum Gasteiger partial charge on any atom is 0.327 e. The lowest BCUT2D eigenvalue weighted by molar-refractivity contribution is -0.167. The van der Waals surface area contributed by atoms with Crippen molar-refractivity contribution in [2.45, 2.75) is 67.5 Å². The Morgan fingerprint density at radius 1 is 1.09 bits per heavy atom. The first-order valence-corrected chi connectivity index (χ1v) is 12.7. The number of hydrogen-bond acceptors (Lipinski definition) is 6. The number of phenolic OH excluding ortho intramolecular Hbond substituents is 1. The molecule has 2 N–H and O–H groups in total. The molecule has 8 nitrogen and oxygen atoms in total. The first-order valence-electron chi connectivity index (χ1n) is 12.7. The number of carbonyl (C=O) groups is 2. The van der Waals surface area contributed by atoms with Gasteiger partial charge in [0.2, 0.25) is 0 Å². The highest BCUT2D eigenvalue weighted by Gasteiger charge is 2.83. The zero-order valence-corrected chi connectivity index (χ0v) is 20.7. The van der Waals surface area contributed by atoms with Gasteiger partial charge in [0.1, 0.15) is 11.3 Å². The minimum absolute atomic E-state index is 0.00101. The molecule has 3 aliphatic carbocycles. The second-order valence-corrected chi connectivity index (χ2v) is 11.5. The topological polar surface area (TPSA) is 87.6 Å². The number of urea groups is 1. The van der Waals surface area contributed by atoms with E-state index in [1.807, 2.05) is 26.0 Å². The van der Waals surface area contributed by atoms with Crippen LogP contribution in [-0.4, -0.2) is 106 Å². The van der Waals surface area contributed by atoms with Gasteiger partial charge in [-0.15, -0.1) is 0 Å². The molecule has 4 unspecified atom stereocenters. The molecule has 0 radical (unpaired) electrons. The molecular formula is C26H36N4O4. The van der Waals surface area contributed by atoms with E-state index in [-0.39, 0.29) is 29.1 Å². The normalized spacial score (nSPS) is 40.2. The van der Waals surface area contributed by atoms with Gasteiger partial charge in [-0.1, -0.05) is 6.07 Å². The molecule has 5 atom stereocenters. The van der Waals surface area contributed by atoms with Crippen LogP contribution in [-0.2, 0) is 15.6 Å². The number of hydrogen-bond donors (Lipinski definition) is 2. The third kappa shape index (κ3) is 2.26. The van der Waals surface area contributed by atoms with Crippen LogP contribution >= 0.6 is 0 Å². The summed E-state index contributed by atoms with van der Waals surface area (Å²) in [4.78, 5) is 34.7. The van der Waals surface area contributed by atoms with Crippen molar-refractivity contribution in [1.29, 1.82) is 0 Å². The fraction of sp³-hybridized carbons (Fsp3) is 0.692. The molecular weight excluding hydrogens is 432 g/mol. The van der Waals surface area contributed by atoms with Gasteiger partial charge in [-0.2, -0.15) is 0 Å². The van der Waals surface area contributed by atoms with Crippen LogP contribution in [0.2, 0.25) is 0 Å². The molecule has 2 saturated heterocycles. The number of imide groups is 1. The molecule has 2 aliphatic heterocycles. The summed E-state index contributed by atoms with van der Waals surface area (Å²) in [6.45, 7) is 7.29. The van der Waals surface area contributed by atoms with Gasteiger partial charge >= 0.3 is 6.03 Å². The van der Waals surface area contributed by atoms with Crippen LogP contribution in [0.15, 0.2) is 18.2 Å². The van der Waals surface area contributed by atoms with E-state index >= 15 is 0 Å². The summed E-state index contributed by atoms with van der Waals surface area (Å²) in [5, 5.41) is 23.0. The van der Waals surface area contributed by atoms with E-state index in [0.29, 0.717) is 32.4 Å². The monoisotopic (exact) mass is 468 g/mol. The third-order valence-corrected chi connectivity index (χ3v) is 9.93. The Morgan fingerprint density at radius 2 is 1.85 bits per heavy atom. The highest BCUT2D eigenvalue weighted by Crippen LogP contribution is 2.75. The number of rotatable bonds is 5. The largest absolute Gasteiger partial charge is 0.508 e. The van der Waals surface area contributed by atoms with Gasteiger partial charge in [0, 0.05) is 43.6 Å². The SMILES string of the molecule is CCN1C(=O)N(CC)[C@]2(CCC3(O)C4N(CCN(C)C)CC45CC3(C2)c2cc(O)ccc25)C1=O. The molecule has 184 valence electrons. The second-order valence-electron chi connectivity index (χ2n) is 11.5. The number of benzene rings is 1. The molecule has 4 fully saturated rings. The van der Waals surface area contributed by atoms with Gasteiger partial charge in [-0.3, -0.25) is 14.6 Å². The van der Waals surface area contributed by atoms with Crippen LogP contribution < -0.4 is 0 Å². The van der Waals surface area contributed by atoms with Gasteiger partial charge in [-0.25, -0.2) is 4.79 Å². The van der Waals surface area contributed by atoms with Crippen LogP contribution in [0.5, 0.6) is 5.75 Å². The molecule has 8 heteroatoms. The minimum Gasteiger partial charge on any atom is -0.508 e. The number of nitrogens with zero attached hydrogens (tertiary/aromatic N) is 4. The molecule has 34 heavy (non-hydrogen) atoms. The average molecular weight is 469 g/mol. The van der Waals surface area contributed by atoms with E-state index in [0.717, 1.165) is 31.6 Å². The number of amides is 3. The van der Waals surface area contributed by atoms with Crippen LogP contribution in [0.25, 0.3) is 0 Å². The Hall–Kier alpha value is -2.16. The zero-order chi connectivity index (χ0) is 24.3. The van der Waals surface area contributed by atoms with Crippen molar-refractivity contribution in [2.24, 2.45) is 0 Å². The van der Waals surface area contributed by atoms with E-state index in [2.05, 4.69) is 23.9 Å². The van der Waals surface area contributed by atoms with Crippen LogP contribution in [0.3, 0.4) is 0 Å². The van der Waals surface area contributed by atoms with Crippen molar-refractivity contribution in [1.82, 2.24) is 19.6 Å². The molecule has 2 saturated carbocycles. The Morgan fingerprint density at radius 3 is 2.53 bits per heavy atom. The van der Waals surface area contributed by atoms with Crippen molar-refractivity contribution >= 4 is 11.9 Å². The Bertz CT molecular complexity index is 1090. The summed E-state index contributed by atoms with van der Waals surface area (Å²) >= 11 is 0. The maximum absolute atomic E-state index is 13.8. The van der Waals surface area contributed by atoms with Crippen molar-refractivity contribution in [2.75, 3.05) is 46.8 Å². The smallest absolute Gasteiger partial charge is 0.327 e. The standard InChI is InChI=1S/C26H36N4O4/c1-5-29-21(32)25(30(6-2)22(29)33)9-10-26(34)20-23(16-28(20)12-11-27(3)4)14-24(26,15-25)19-13-17(31)7-8-18(19)23/h7-8,13,20,31,34H,5-6,9-12,14-16H2,1-4H3/t20?,23?,24?,25-,26?/m0/s1. The fourth-order valence-corrected chi connectivity index (χ4v) is 8.78. The van der Waals surface area contributed by atoms with Crippen molar-refractivity contribution in [3.05, 3.63) is 29.3 Å². The van der Waals surface area contributed by atoms with Gasteiger partial charge in [0.25, 0.3) is 5.91 Å². The Balaban J connectivity index is 1.49. The molecule has 0 aromatic heterocycles. The van der Waals surface area contributed by atoms with E-state index < -0.39 is 16.6 Å². The van der Waals surface area contributed by atoms with E-state index in [1.165, 1.54) is 10.5 Å². The number of likely N-dealkylation sites (N-methyl/N-ethyl adjacent to an activating group) is 3. The number of aliphatic hydroxyl groups is 1. The van der Waals surface area contributed by atoms with Gasteiger partial charge in [0.05, 0.1) is 11.6 Å². The second kappa shape index (κ2) is 6.74. The van der Waals surface area contributed by atoms with Crippen LogP contribution in [0.4, 0.5) is 4.79 Å². The van der Waals surface area contributed by atoms with Crippen LogP contribution in [0.1, 0.15) is 50.7 Å². The first kappa shape index (κ1) is 22.3. The summed E-state index contributed by atoms with van der Waals surface area (Å²) in [6.07, 6.45) is 2.13. The number of fused-ring (bicyclic) bond motifs is 2. The highest BCUT2D eigenvalue weighted by molar-refractivity contribution is 6.07. The van der Waals surface area contributed by atoms with E-state index in [4.69, 9.17) is 0 Å². The third-order valence-electron chi connectivity index (χ3n) is 9.93. The lowest BCUT2D eigenvalue weighted by atomic mass is 9.52. The van der Waals surface area contributed by atoms with Gasteiger partial charge in [0.15, 0.2) is 0 Å². The first-order chi connectivity index (χ1) is 16.1. The van der Waals surface area contributed by atoms with Crippen molar-refractivity contribution in [3.63, 3.8) is 0 Å². The van der Waals surface area contributed by atoms with Crippen molar-refractivity contribution in [3.8, 4) is 5.75 Å². The Kier molecular flexibility index (Phi) is 4.42. The molecule has 1 aromatic carbocycles. The fourth-order valence-electron chi connectivity index (χ4n) is 8.78. The minimum atomic E-state index is -0.994. The Labute approximate surface area is 201 Å². The number of carbonyl (C=O) groups excluding carboxylic acids is 2. The summed E-state index contributed by atoms with van der Waals surface area (Å²) in [5.74, 6) is 0.0698. The molecule has 3 amide bonds. The molecule has 1 aromatic rings. The molecule has 2 heterocycles. The quantitative estimate of drug-likeness (QED) is 0.637. The molecule has 6 rings (SSSR count). The number of aromatic hydroxyl groups is 1. The lowest BCUT2D eigenvalue weighted by Crippen LogP contribution is -2.76. The summed E-state index contributed by atoms with van der Waals surface area (Å²) in [6, 6.07) is 5.40. The molecule has 2 bridgehead atoms. The zero-order valence-electron chi connectivity index (χ0n) is 20.7. The van der Waals surface area contributed by atoms with E-state index in [9.17, 15) is 19.8 Å². The van der Waals surface area contributed by atoms with Crippen molar-refractivity contribution < 1.29 is 19.8 Å². The molecule has 5 aliphatic rings. The summed E-state index contributed by atoms with van der Waals surface area (Å²) in [7, 11) is 4.13. The van der Waals surface area contributed by atoms with Crippen LogP contribution in [0, 0.1) is 0 Å². The lowest BCUT2D eigenvalue weighted by Gasteiger charge is -2.64. The number of likely N-dealkylation sites (tertiary alicyclic amines) is 1. The maximum atomic E-state index is 13.8.